The van der Waals surface area contributed by atoms with Crippen LogP contribution < -0.4 is 0 Å². The Bertz CT molecular complexity index is 1310. The van der Waals surface area contributed by atoms with Crippen LogP contribution >= 0.6 is 23.2 Å². The van der Waals surface area contributed by atoms with Gasteiger partial charge in [0.1, 0.15) is 0 Å². The zero-order valence-corrected chi connectivity index (χ0v) is 21.6. The lowest BCUT2D eigenvalue weighted by atomic mass is 9.97. The van der Waals surface area contributed by atoms with Gasteiger partial charge in [0.25, 0.3) is 0 Å². The number of halogens is 5. The maximum Gasteiger partial charge on any atom is 0.416 e. The molecule has 2 heterocycles. The topological polar surface area (TPSA) is 54.7 Å². The lowest BCUT2D eigenvalue weighted by Gasteiger charge is -2.19. The molecule has 1 aliphatic rings. The summed E-state index contributed by atoms with van der Waals surface area (Å²) < 4.78 is 47.0. The summed E-state index contributed by atoms with van der Waals surface area (Å²) >= 11 is 13.3. The molecule has 0 spiro atoms. The zero-order chi connectivity index (χ0) is 26.4. The van der Waals surface area contributed by atoms with E-state index in [0.717, 1.165) is 28.8 Å². The normalized spacial score (nSPS) is 18.9. The second-order valence-corrected chi connectivity index (χ2v) is 10.2. The molecule has 0 unspecified atom stereocenters. The monoisotopic (exact) mass is 542 g/mol. The lowest BCUT2D eigenvalue weighted by molar-refractivity contribution is -0.143. The number of ether oxygens (including phenoxy) is 1. The number of alkyl halides is 3. The first-order valence-corrected chi connectivity index (χ1v) is 12.2. The third-order valence-electron chi connectivity index (χ3n) is 7.03. The molecule has 10 heteroatoms. The van der Waals surface area contributed by atoms with Gasteiger partial charge in [0.2, 0.25) is 0 Å². The molecule has 2 aromatic carbocycles. The number of hydrogen-bond donors (Lipinski definition) is 1. The number of nitrogens with zero attached hydrogens (tertiary/aromatic N) is 2. The number of hydrogen-bond acceptors (Lipinski definition) is 3. The van der Waals surface area contributed by atoms with Crippen LogP contribution in [0.1, 0.15) is 27.9 Å². The van der Waals surface area contributed by atoms with Crippen LogP contribution in [0.2, 0.25) is 10.0 Å². The Balaban J connectivity index is 1.63. The van der Waals surface area contributed by atoms with Gasteiger partial charge in [-0.15, -0.1) is 0 Å². The van der Waals surface area contributed by atoms with E-state index >= 15 is 0 Å². The Morgan fingerprint density at radius 1 is 1.19 bits per heavy atom. The van der Waals surface area contributed by atoms with E-state index in [9.17, 15) is 23.1 Å². The fourth-order valence-corrected chi connectivity index (χ4v) is 5.67. The molecule has 1 aliphatic heterocycles. The van der Waals surface area contributed by atoms with E-state index in [1.54, 1.807) is 31.7 Å². The van der Waals surface area contributed by atoms with Crippen LogP contribution in [-0.4, -0.2) is 47.3 Å². The Hall–Kier alpha value is -2.26. The summed E-state index contributed by atoms with van der Waals surface area (Å²) in [6.45, 7) is 3.45. The molecule has 194 valence electrons. The number of carboxylic acid groups (broad SMARTS) is 1. The van der Waals surface area contributed by atoms with Crippen LogP contribution in [0.3, 0.4) is 0 Å². The van der Waals surface area contributed by atoms with E-state index in [0.29, 0.717) is 59.4 Å². The Labute approximate surface area is 217 Å². The molecule has 5 nitrogen and oxygen atoms in total. The van der Waals surface area contributed by atoms with Crippen molar-refractivity contribution in [2.45, 2.75) is 26.1 Å². The van der Waals surface area contributed by atoms with Gasteiger partial charge in [-0.25, -0.2) is 0 Å². The van der Waals surface area contributed by atoms with Crippen molar-refractivity contribution in [3.8, 4) is 0 Å². The molecule has 1 aromatic heterocycles. The highest BCUT2D eigenvalue weighted by Gasteiger charge is 2.37. The summed E-state index contributed by atoms with van der Waals surface area (Å²) in [6, 6.07) is 7.77. The van der Waals surface area contributed by atoms with Gasteiger partial charge in [-0.05, 0) is 47.9 Å². The molecular formula is C26H27Cl2F3N2O3. The van der Waals surface area contributed by atoms with Gasteiger partial charge >= 0.3 is 12.1 Å². The highest BCUT2D eigenvalue weighted by Crippen LogP contribution is 2.37. The summed E-state index contributed by atoms with van der Waals surface area (Å²) in [6.07, 6.45) is -4.09. The Morgan fingerprint density at radius 2 is 1.92 bits per heavy atom. The van der Waals surface area contributed by atoms with Crippen LogP contribution in [0.4, 0.5) is 13.2 Å². The van der Waals surface area contributed by atoms with Crippen molar-refractivity contribution < 1.29 is 27.8 Å². The first-order valence-electron chi connectivity index (χ1n) is 11.5. The van der Waals surface area contributed by atoms with Gasteiger partial charge in [-0.2, -0.15) is 13.2 Å². The van der Waals surface area contributed by atoms with Gasteiger partial charge in [0.05, 0.1) is 23.1 Å². The summed E-state index contributed by atoms with van der Waals surface area (Å²) in [5.41, 5.74) is 2.61. The number of fused-ring (bicyclic) bond motifs is 1. The Morgan fingerprint density at radius 3 is 2.56 bits per heavy atom. The van der Waals surface area contributed by atoms with Gasteiger partial charge in [-0.3, -0.25) is 9.69 Å². The van der Waals surface area contributed by atoms with Crippen molar-refractivity contribution >= 4 is 40.1 Å². The lowest BCUT2D eigenvalue weighted by Crippen LogP contribution is -2.25. The van der Waals surface area contributed by atoms with Crippen LogP contribution in [-0.2, 0) is 35.7 Å². The van der Waals surface area contributed by atoms with Crippen molar-refractivity contribution in [3.63, 3.8) is 0 Å². The van der Waals surface area contributed by atoms with E-state index in [1.807, 2.05) is 17.0 Å². The molecule has 3 aromatic rings. The van der Waals surface area contributed by atoms with Crippen molar-refractivity contribution in [2.75, 3.05) is 26.8 Å². The molecule has 2 atom stereocenters. The minimum absolute atomic E-state index is 0.112. The molecule has 4 rings (SSSR count). The average molecular weight is 543 g/mol. The predicted octanol–water partition coefficient (Wildman–Crippen LogP) is 6.18. The van der Waals surface area contributed by atoms with Crippen LogP contribution in [0.25, 0.3) is 10.9 Å². The molecule has 0 amide bonds. The van der Waals surface area contributed by atoms with Gasteiger partial charge < -0.3 is 14.4 Å². The summed E-state index contributed by atoms with van der Waals surface area (Å²) in [4.78, 5) is 13.7. The van der Waals surface area contributed by atoms with Crippen LogP contribution in [0.5, 0.6) is 0 Å². The van der Waals surface area contributed by atoms with E-state index in [4.69, 9.17) is 27.9 Å². The second-order valence-electron chi connectivity index (χ2n) is 9.45. The fraction of sp³-hybridized carbons (Fsp3) is 0.423. The molecule has 0 saturated carbocycles. The first-order chi connectivity index (χ1) is 16.9. The first kappa shape index (κ1) is 26.8. The third kappa shape index (κ3) is 5.23. The highest BCUT2D eigenvalue weighted by molar-refractivity contribution is 6.36. The van der Waals surface area contributed by atoms with Crippen LogP contribution in [0.15, 0.2) is 30.3 Å². The third-order valence-corrected chi connectivity index (χ3v) is 7.85. The van der Waals surface area contributed by atoms with E-state index in [-0.39, 0.29) is 5.92 Å². The second kappa shape index (κ2) is 10.2. The van der Waals surface area contributed by atoms with Crippen molar-refractivity contribution in [1.29, 1.82) is 0 Å². The molecule has 0 bridgehead atoms. The van der Waals surface area contributed by atoms with Crippen molar-refractivity contribution in [1.82, 2.24) is 9.47 Å². The molecule has 1 N–H and O–H groups in total. The van der Waals surface area contributed by atoms with Gasteiger partial charge in [0.15, 0.2) is 0 Å². The number of likely N-dealkylation sites (tertiary alicyclic amines) is 1. The Kier molecular flexibility index (Phi) is 7.62. The smallest absolute Gasteiger partial charge is 0.416 e. The SMILES string of the molecule is COC[C@@H]1CN(Cc2ccc(Cl)c(Cc3cc4c(C)cc(C(F)(F)F)cc4n3C)c2Cl)C[C@H]1C(=O)O. The predicted molar refractivity (Wildman–Crippen MR) is 134 cm³/mol. The highest BCUT2D eigenvalue weighted by atomic mass is 35.5. The minimum Gasteiger partial charge on any atom is -0.481 e. The summed E-state index contributed by atoms with van der Waals surface area (Å²) in [5, 5.41) is 11.2. The quantitative estimate of drug-likeness (QED) is 0.387. The van der Waals surface area contributed by atoms with E-state index in [1.165, 1.54) is 0 Å². The van der Waals surface area contributed by atoms with E-state index < -0.39 is 23.6 Å². The maximum absolute atomic E-state index is 13.3. The molecular weight excluding hydrogens is 516 g/mol. The molecule has 1 fully saturated rings. The number of aliphatic carboxylic acids is 1. The number of aromatic nitrogens is 1. The number of benzene rings is 2. The summed E-state index contributed by atoms with van der Waals surface area (Å²) in [5.74, 6) is -1.48. The summed E-state index contributed by atoms with van der Waals surface area (Å²) in [7, 11) is 3.29. The fourth-order valence-electron chi connectivity index (χ4n) is 5.10. The average Bonchev–Trinajstić information content (AvgIpc) is 3.34. The van der Waals surface area contributed by atoms with Crippen molar-refractivity contribution in [2.24, 2.45) is 18.9 Å². The van der Waals surface area contributed by atoms with E-state index in [2.05, 4.69) is 0 Å². The molecule has 0 aliphatic carbocycles. The van der Waals surface area contributed by atoms with Gasteiger partial charge in [-0.1, -0.05) is 29.3 Å². The maximum atomic E-state index is 13.3. The van der Waals surface area contributed by atoms with Crippen LogP contribution in [0, 0.1) is 18.8 Å². The van der Waals surface area contributed by atoms with Crippen molar-refractivity contribution in [3.05, 3.63) is 68.3 Å². The standard InChI is InChI=1S/C26H27Cl2F3N2O3/c1-14-6-17(26(29,30)31)7-23-19(14)8-18(32(23)2)9-20-22(27)5-4-15(24(20)28)10-33-11-16(13-36-3)21(12-33)25(34)35/h4-8,16,21H,9-13H2,1-3H3,(H,34,35)/t16-,21+/m0/s1. The number of carbonyl (C=O) groups is 1. The number of methoxy groups -OCH3 is 1. The largest absolute Gasteiger partial charge is 0.481 e. The number of rotatable bonds is 7. The molecule has 0 radical (unpaired) electrons. The molecule has 36 heavy (non-hydrogen) atoms. The minimum atomic E-state index is -4.43. The number of aryl methyl sites for hydroxylation is 2. The zero-order valence-electron chi connectivity index (χ0n) is 20.1. The molecule has 1 saturated heterocycles. The van der Waals surface area contributed by atoms with Gasteiger partial charge in [0, 0.05) is 67.7 Å². The number of carboxylic acids is 1.